The molecule has 6 heteroatoms. The monoisotopic (exact) mass is 301 g/mol. The molecular weight excluding hydrogens is 286 g/mol. The summed E-state index contributed by atoms with van der Waals surface area (Å²) < 4.78 is 7.14. The Labute approximate surface area is 126 Å². The first-order valence-electron chi connectivity index (χ1n) is 6.72. The molecule has 5 nitrogen and oxygen atoms in total. The van der Waals surface area contributed by atoms with Crippen LogP contribution in [0.1, 0.15) is 33.8 Å². The Morgan fingerprint density at radius 3 is 2.95 bits per heavy atom. The molecule has 0 aromatic carbocycles. The molecule has 0 radical (unpaired) electrons. The van der Waals surface area contributed by atoms with E-state index in [0.717, 1.165) is 28.5 Å². The van der Waals surface area contributed by atoms with Crippen LogP contribution in [0.3, 0.4) is 0 Å². The maximum absolute atomic E-state index is 12.1. The topological polar surface area (TPSA) is 56.5 Å². The van der Waals surface area contributed by atoms with Gasteiger partial charge < -0.3 is 9.14 Å². The minimum Gasteiger partial charge on any atom is -0.454 e. The van der Waals surface area contributed by atoms with E-state index in [-0.39, 0.29) is 6.61 Å². The van der Waals surface area contributed by atoms with Gasteiger partial charge in [-0.3, -0.25) is 0 Å². The van der Waals surface area contributed by atoms with Crippen LogP contribution in [0.4, 0.5) is 0 Å². The van der Waals surface area contributed by atoms with Crippen molar-refractivity contribution in [1.29, 1.82) is 0 Å². The molecule has 0 bridgehead atoms. The molecule has 0 saturated heterocycles. The molecule has 3 aromatic rings. The van der Waals surface area contributed by atoms with Crippen LogP contribution in [-0.2, 0) is 17.8 Å². The highest BCUT2D eigenvalue weighted by atomic mass is 32.1. The van der Waals surface area contributed by atoms with Gasteiger partial charge in [0.05, 0.1) is 10.7 Å². The molecule has 0 saturated carbocycles. The van der Waals surface area contributed by atoms with Crippen LogP contribution in [0.2, 0.25) is 0 Å². The average molecular weight is 301 g/mol. The molecular formula is C15H15N3O2S. The van der Waals surface area contributed by atoms with Gasteiger partial charge in [-0.2, -0.15) is 0 Å². The first-order valence-corrected chi connectivity index (χ1v) is 7.60. The van der Waals surface area contributed by atoms with Crippen LogP contribution in [0.5, 0.6) is 0 Å². The van der Waals surface area contributed by atoms with E-state index in [1.165, 1.54) is 0 Å². The Morgan fingerprint density at radius 1 is 1.38 bits per heavy atom. The van der Waals surface area contributed by atoms with Gasteiger partial charge in [-0.1, -0.05) is 13.0 Å². The van der Waals surface area contributed by atoms with Crippen LogP contribution in [-0.4, -0.2) is 20.3 Å². The number of nitrogens with zero attached hydrogens (tertiary/aromatic N) is 3. The number of hydrogen-bond acceptors (Lipinski definition) is 5. The van der Waals surface area contributed by atoms with E-state index in [1.807, 2.05) is 41.8 Å². The lowest BCUT2D eigenvalue weighted by Gasteiger charge is -1.99. The Bertz CT molecular complexity index is 791. The Hall–Kier alpha value is -2.21. The molecule has 21 heavy (non-hydrogen) atoms. The maximum atomic E-state index is 12.1. The van der Waals surface area contributed by atoms with Crippen molar-refractivity contribution in [3.63, 3.8) is 0 Å². The summed E-state index contributed by atoms with van der Waals surface area (Å²) in [5, 5.41) is 2.96. The van der Waals surface area contributed by atoms with E-state index >= 15 is 0 Å². The second-order valence-corrected chi connectivity index (χ2v) is 5.63. The van der Waals surface area contributed by atoms with E-state index in [1.54, 1.807) is 17.5 Å². The summed E-state index contributed by atoms with van der Waals surface area (Å²) in [5.74, 6) is -0.427. The molecule has 0 spiro atoms. The fourth-order valence-corrected chi connectivity index (χ4v) is 2.77. The Balaban J connectivity index is 1.73. The van der Waals surface area contributed by atoms with Crippen molar-refractivity contribution in [3.05, 3.63) is 51.9 Å². The number of aryl methyl sites for hydroxylation is 2. The molecule has 0 aliphatic carbocycles. The number of fused-ring (bicyclic) bond motifs is 1. The third-order valence-corrected chi connectivity index (χ3v) is 4.20. The average Bonchev–Trinajstić information content (AvgIpc) is 3.12. The molecule has 3 rings (SSSR count). The Kier molecular flexibility index (Phi) is 3.70. The molecule has 3 aromatic heterocycles. The first kappa shape index (κ1) is 13.8. The second-order valence-electron chi connectivity index (χ2n) is 4.68. The minimum absolute atomic E-state index is 0.183. The van der Waals surface area contributed by atoms with Crippen molar-refractivity contribution < 1.29 is 9.53 Å². The SMILES string of the molecule is CCc1nc(COC(=O)c2cn3c(C)cccc3n2)cs1. The maximum Gasteiger partial charge on any atom is 0.358 e. The lowest BCUT2D eigenvalue weighted by atomic mass is 10.4. The van der Waals surface area contributed by atoms with Crippen molar-refractivity contribution >= 4 is 23.0 Å². The molecule has 0 aliphatic rings. The second kappa shape index (κ2) is 5.65. The van der Waals surface area contributed by atoms with Gasteiger partial charge in [0.1, 0.15) is 12.3 Å². The van der Waals surface area contributed by atoms with Crippen molar-refractivity contribution in [2.24, 2.45) is 0 Å². The predicted molar refractivity (Wildman–Crippen MR) is 80.5 cm³/mol. The van der Waals surface area contributed by atoms with E-state index in [9.17, 15) is 4.79 Å². The quantitative estimate of drug-likeness (QED) is 0.695. The fraction of sp³-hybridized carbons (Fsp3) is 0.267. The van der Waals surface area contributed by atoms with Gasteiger partial charge in [-0.25, -0.2) is 14.8 Å². The Morgan fingerprint density at radius 2 is 2.24 bits per heavy atom. The van der Waals surface area contributed by atoms with Crippen LogP contribution in [0, 0.1) is 6.92 Å². The van der Waals surface area contributed by atoms with Crippen molar-refractivity contribution in [2.45, 2.75) is 26.9 Å². The molecule has 0 N–H and O–H groups in total. The third kappa shape index (κ3) is 2.80. The van der Waals surface area contributed by atoms with E-state index in [0.29, 0.717) is 5.69 Å². The highest BCUT2D eigenvalue weighted by Gasteiger charge is 2.13. The number of pyridine rings is 1. The molecule has 0 unspecified atom stereocenters. The first-order chi connectivity index (χ1) is 10.2. The number of carbonyl (C=O) groups excluding carboxylic acids is 1. The smallest absolute Gasteiger partial charge is 0.358 e. The highest BCUT2D eigenvalue weighted by molar-refractivity contribution is 7.09. The minimum atomic E-state index is -0.427. The predicted octanol–water partition coefficient (Wildman–Crippen LogP) is 3.02. The van der Waals surface area contributed by atoms with Crippen LogP contribution in [0.25, 0.3) is 5.65 Å². The van der Waals surface area contributed by atoms with Gasteiger partial charge in [-0.05, 0) is 25.5 Å². The van der Waals surface area contributed by atoms with Crippen molar-refractivity contribution in [2.75, 3.05) is 0 Å². The van der Waals surface area contributed by atoms with E-state index in [4.69, 9.17) is 4.74 Å². The molecule has 0 atom stereocenters. The number of aromatic nitrogens is 3. The van der Waals surface area contributed by atoms with Crippen molar-refractivity contribution in [1.82, 2.24) is 14.4 Å². The molecule has 0 amide bonds. The number of thiazole rings is 1. The standard InChI is InChI=1S/C15H15N3O2S/c1-3-14-16-11(9-21-14)8-20-15(19)12-7-18-10(2)5-4-6-13(18)17-12/h4-7,9H,3,8H2,1-2H3. The molecule has 3 heterocycles. The van der Waals surface area contributed by atoms with Crippen LogP contribution < -0.4 is 0 Å². The van der Waals surface area contributed by atoms with Crippen LogP contribution >= 0.6 is 11.3 Å². The zero-order chi connectivity index (χ0) is 14.8. The van der Waals surface area contributed by atoms with Gasteiger partial charge in [-0.15, -0.1) is 11.3 Å². The number of rotatable bonds is 4. The van der Waals surface area contributed by atoms with Gasteiger partial charge in [0, 0.05) is 17.3 Å². The largest absolute Gasteiger partial charge is 0.454 e. The summed E-state index contributed by atoms with van der Waals surface area (Å²) in [7, 11) is 0. The van der Waals surface area contributed by atoms with Gasteiger partial charge in [0.25, 0.3) is 0 Å². The highest BCUT2D eigenvalue weighted by Crippen LogP contribution is 2.13. The van der Waals surface area contributed by atoms with Gasteiger partial charge in [0.2, 0.25) is 0 Å². The van der Waals surface area contributed by atoms with Crippen molar-refractivity contribution in [3.8, 4) is 0 Å². The number of esters is 1. The summed E-state index contributed by atoms with van der Waals surface area (Å²) in [6.07, 6.45) is 2.59. The normalized spacial score (nSPS) is 11.0. The van der Waals surface area contributed by atoms with Crippen LogP contribution in [0.15, 0.2) is 29.8 Å². The summed E-state index contributed by atoms with van der Waals surface area (Å²) in [5.41, 5.74) is 2.86. The molecule has 108 valence electrons. The zero-order valence-electron chi connectivity index (χ0n) is 11.9. The number of carbonyl (C=O) groups is 1. The van der Waals surface area contributed by atoms with E-state index in [2.05, 4.69) is 9.97 Å². The lowest BCUT2D eigenvalue weighted by Crippen LogP contribution is -2.05. The number of ether oxygens (including phenoxy) is 1. The number of imidazole rings is 1. The third-order valence-electron chi connectivity index (χ3n) is 3.16. The lowest BCUT2D eigenvalue weighted by molar-refractivity contribution is 0.0462. The van der Waals surface area contributed by atoms with Gasteiger partial charge in [0.15, 0.2) is 5.69 Å². The molecule has 0 fully saturated rings. The summed E-state index contributed by atoms with van der Waals surface area (Å²) in [4.78, 5) is 20.7. The number of hydrogen-bond donors (Lipinski definition) is 0. The summed E-state index contributed by atoms with van der Waals surface area (Å²) in [6.45, 7) is 4.20. The molecule has 0 aliphatic heterocycles. The summed E-state index contributed by atoms with van der Waals surface area (Å²) >= 11 is 1.58. The van der Waals surface area contributed by atoms with E-state index < -0.39 is 5.97 Å². The summed E-state index contributed by atoms with van der Waals surface area (Å²) in [6, 6.07) is 5.73. The van der Waals surface area contributed by atoms with Gasteiger partial charge >= 0.3 is 5.97 Å². The zero-order valence-corrected chi connectivity index (χ0v) is 12.7. The fourth-order valence-electron chi connectivity index (χ4n) is 2.04.